The number of rotatable bonds is 3. The van der Waals surface area contributed by atoms with E-state index in [2.05, 4.69) is 15.9 Å². The lowest BCUT2D eigenvalue weighted by Crippen LogP contribution is -2.00. The van der Waals surface area contributed by atoms with E-state index in [0.29, 0.717) is 0 Å². The summed E-state index contributed by atoms with van der Waals surface area (Å²) in [6.07, 6.45) is -0.609. The van der Waals surface area contributed by atoms with Crippen LogP contribution in [0.5, 0.6) is 5.75 Å². The second-order valence-electron chi connectivity index (χ2n) is 4.18. The van der Waals surface area contributed by atoms with E-state index in [1.165, 1.54) is 0 Å². The second kappa shape index (κ2) is 5.55. The minimum Gasteiger partial charge on any atom is -0.497 e. The van der Waals surface area contributed by atoms with Crippen LogP contribution in [0.3, 0.4) is 0 Å². The van der Waals surface area contributed by atoms with Crippen molar-refractivity contribution in [1.82, 2.24) is 0 Å². The maximum absolute atomic E-state index is 10.3. The van der Waals surface area contributed by atoms with Gasteiger partial charge in [-0.25, -0.2) is 0 Å². The van der Waals surface area contributed by atoms with Gasteiger partial charge in [0.25, 0.3) is 0 Å². The number of hydrogen-bond donors (Lipinski definition) is 1. The zero-order chi connectivity index (χ0) is 13.1. The van der Waals surface area contributed by atoms with E-state index in [-0.39, 0.29) is 0 Å². The van der Waals surface area contributed by atoms with Gasteiger partial charge in [-0.2, -0.15) is 0 Å². The molecule has 0 bridgehead atoms. The minimum absolute atomic E-state index is 0.609. The van der Waals surface area contributed by atoms with Crippen molar-refractivity contribution >= 4 is 15.9 Å². The molecule has 0 amide bonds. The number of aliphatic hydroxyl groups is 1. The molecule has 0 fully saturated rings. The highest BCUT2D eigenvalue weighted by Gasteiger charge is 2.11. The summed E-state index contributed by atoms with van der Waals surface area (Å²) in [5.41, 5.74) is 2.86. The molecule has 94 valence electrons. The first-order valence-electron chi connectivity index (χ1n) is 5.70. The average Bonchev–Trinajstić information content (AvgIpc) is 2.41. The fraction of sp³-hybridized carbons (Fsp3) is 0.200. The maximum atomic E-state index is 10.3. The van der Waals surface area contributed by atoms with Gasteiger partial charge in [0.15, 0.2) is 0 Å². The Hall–Kier alpha value is -1.32. The van der Waals surface area contributed by atoms with Crippen LogP contribution in [-0.4, -0.2) is 12.2 Å². The highest BCUT2D eigenvalue weighted by molar-refractivity contribution is 9.10. The van der Waals surface area contributed by atoms with Crippen molar-refractivity contribution in [2.45, 2.75) is 13.0 Å². The van der Waals surface area contributed by atoms with Crippen LogP contribution in [-0.2, 0) is 0 Å². The number of ether oxygens (including phenoxy) is 1. The van der Waals surface area contributed by atoms with E-state index in [9.17, 15) is 5.11 Å². The summed E-state index contributed by atoms with van der Waals surface area (Å²) in [7, 11) is 1.63. The highest BCUT2D eigenvalue weighted by Crippen LogP contribution is 2.26. The average molecular weight is 307 g/mol. The number of aliphatic hydroxyl groups excluding tert-OH is 1. The van der Waals surface area contributed by atoms with Crippen molar-refractivity contribution in [2.24, 2.45) is 0 Å². The molecule has 2 aromatic carbocycles. The van der Waals surface area contributed by atoms with Gasteiger partial charge in [-0.05, 0) is 41.8 Å². The van der Waals surface area contributed by atoms with Gasteiger partial charge >= 0.3 is 0 Å². The zero-order valence-corrected chi connectivity index (χ0v) is 11.9. The van der Waals surface area contributed by atoms with Gasteiger partial charge in [-0.1, -0.05) is 40.2 Å². The van der Waals surface area contributed by atoms with E-state index in [0.717, 1.165) is 26.9 Å². The number of halogens is 1. The molecule has 0 aliphatic heterocycles. The van der Waals surface area contributed by atoms with Crippen LogP contribution in [0.4, 0.5) is 0 Å². The Morgan fingerprint density at radius 2 is 1.67 bits per heavy atom. The molecule has 0 radical (unpaired) electrons. The third-order valence-electron chi connectivity index (χ3n) is 2.93. The highest BCUT2D eigenvalue weighted by atomic mass is 79.9. The van der Waals surface area contributed by atoms with Crippen molar-refractivity contribution in [3.8, 4) is 5.75 Å². The topological polar surface area (TPSA) is 29.5 Å². The third-order valence-corrected chi connectivity index (χ3v) is 3.82. The van der Waals surface area contributed by atoms with Gasteiger partial charge in [0, 0.05) is 4.47 Å². The van der Waals surface area contributed by atoms with Crippen LogP contribution in [0.15, 0.2) is 46.9 Å². The lowest BCUT2D eigenvalue weighted by Gasteiger charge is -2.13. The molecule has 1 unspecified atom stereocenters. The van der Waals surface area contributed by atoms with E-state index in [1.54, 1.807) is 7.11 Å². The van der Waals surface area contributed by atoms with Crippen LogP contribution in [0.1, 0.15) is 22.8 Å². The zero-order valence-electron chi connectivity index (χ0n) is 10.4. The summed E-state index contributed by atoms with van der Waals surface area (Å²) in [6, 6.07) is 13.3. The van der Waals surface area contributed by atoms with Crippen LogP contribution < -0.4 is 4.74 Å². The molecule has 1 N–H and O–H groups in total. The molecule has 0 aromatic heterocycles. The summed E-state index contributed by atoms with van der Waals surface area (Å²) in [5, 5.41) is 10.3. The molecule has 0 heterocycles. The summed E-state index contributed by atoms with van der Waals surface area (Å²) in [5.74, 6) is 0.790. The lowest BCUT2D eigenvalue weighted by molar-refractivity contribution is 0.220. The molecule has 18 heavy (non-hydrogen) atoms. The molecule has 2 nitrogen and oxygen atoms in total. The smallest absolute Gasteiger partial charge is 0.118 e. The first kappa shape index (κ1) is 13.1. The Labute approximate surface area is 115 Å². The first-order valence-corrected chi connectivity index (χ1v) is 6.49. The van der Waals surface area contributed by atoms with Gasteiger partial charge < -0.3 is 9.84 Å². The molecule has 0 saturated carbocycles. The fourth-order valence-corrected chi connectivity index (χ4v) is 2.06. The summed E-state index contributed by atoms with van der Waals surface area (Å²) < 4.78 is 6.15. The Bertz CT molecular complexity index is 535. The van der Waals surface area contributed by atoms with Crippen LogP contribution in [0, 0.1) is 6.92 Å². The van der Waals surface area contributed by atoms with Crippen molar-refractivity contribution < 1.29 is 9.84 Å². The number of benzene rings is 2. The predicted molar refractivity (Wildman–Crippen MR) is 75.9 cm³/mol. The molecule has 1 atom stereocenters. The van der Waals surface area contributed by atoms with E-state index in [4.69, 9.17) is 4.74 Å². The number of hydrogen-bond acceptors (Lipinski definition) is 2. The van der Waals surface area contributed by atoms with Crippen LogP contribution in [0.25, 0.3) is 0 Å². The largest absolute Gasteiger partial charge is 0.497 e. The van der Waals surface area contributed by atoms with Gasteiger partial charge in [-0.3, -0.25) is 0 Å². The molecule has 2 rings (SSSR count). The van der Waals surface area contributed by atoms with Crippen molar-refractivity contribution in [3.05, 3.63) is 63.6 Å². The van der Waals surface area contributed by atoms with Gasteiger partial charge in [0.2, 0.25) is 0 Å². The fourth-order valence-electron chi connectivity index (χ4n) is 1.82. The molecule has 0 spiro atoms. The van der Waals surface area contributed by atoms with Gasteiger partial charge in [0.1, 0.15) is 11.9 Å². The van der Waals surface area contributed by atoms with E-state index in [1.807, 2.05) is 49.4 Å². The first-order chi connectivity index (χ1) is 8.61. The normalized spacial score (nSPS) is 12.2. The number of aryl methyl sites for hydroxylation is 1. The number of methoxy groups -OCH3 is 1. The summed E-state index contributed by atoms with van der Waals surface area (Å²) >= 11 is 3.46. The Morgan fingerprint density at radius 1 is 1.06 bits per heavy atom. The molecular weight excluding hydrogens is 292 g/mol. The maximum Gasteiger partial charge on any atom is 0.118 e. The molecule has 3 heteroatoms. The minimum atomic E-state index is -0.609. The van der Waals surface area contributed by atoms with E-state index < -0.39 is 6.10 Å². The summed E-state index contributed by atoms with van der Waals surface area (Å²) in [4.78, 5) is 0. The Morgan fingerprint density at radius 3 is 2.22 bits per heavy atom. The molecule has 0 saturated heterocycles. The van der Waals surface area contributed by atoms with E-state index >= 15 is 0 Å². The van der Waals surface area contributed by atoms with Crippen LogP contribution in [0.2, 0.25) is 0 Å². The third kappa shape index (κ3) is 2.74. The second-order valence-corrected chi connectivity index (χ2v) is 5.04. The SMILES string of the molecule is COc1ccc(C(O)c2ccc(Br)c(C)c2)cc1. The van der Waals surface area contributed by atoms with Crippen molar-refractivity contribution in [2.75, 3.05) is 7.11 Å². The Kier molecular flexibility index (Phi) is 4.04. The monoisotopic (exact) mass is 306 g/mol. The van der Waals surface area contributed by atoms with Crippen LogP contribution >= 0.6 is 15.9 Å². The molecular formula is C15H15BrO2. The standard InChI is InChI=1S/C15H15BrO2/c1-10-9-12(5-8-14(10)16)15(17)11-3-6-13(18-2)7-4-11/h3-9,15,17H,1-2H3. The van der Waals surface area contributed by atoms with Gasteiger partial charge in [-0.15, -0.1) is 0 Å². The summed E-state index contributed by atoms with van der Waals surface area (Å²) in [6.45, 7) is 2.01. The van der Waals surface area contributed by atoms with Gasteiger partial charge in [0.05, 0.1) is 7.11 Å². The van der Waals surface area contributed by atoms with Crippen molar-refractivity contribution in [3.63, 3.8) is 0 Å². The molecule has 0 aliphatic carbocycles. The lowest BCUT2D eigenvalue weighted by atomic mass is 10.00. The quantitative estimate of drug-likeness (QED) is 0.933. The van der Waals surface area contributed by atoms with Crippen molar-refractivity contribution in [1.29, 1.82) is 0 Å². The predicted octanol–water partition coefficient (Wildman–Crippen LogP) is 3.85. The Balaban J connectivity index is 2.28. The molecule has 2 aromatic rings. The molecule has 0 aliphatic rings.